The number of carbonyl (C=O) groups is 2. The summed E-state index contributed by atoms with van der Waals surface area (Å²) in [6, 6.07) is 17.3. The van der Waals surface area contributed by atoms with Gasteiger partial charge in [-0.25, -0.2) is 8.42 Å². The second-order valence-electron chi connectivity index (χ2n) is 7.76. The van der Waals surface area contributed by atoms with Crippen LogP contribution in [0.2, 0.25) is 5.02 Å². The molecule has 182 valence electrons. The number of hydrogen-bond donors (Lipinski definition) is 1. The average molecular weight is 531 g/mol. The second-order valence-corrected chi connectivity index (χ2v) is 10.7. The van der Waals surface area contributed by atoms with Crippen LogP contribution >= 0.6 is 23.4 Å². The minimum atomic E-state index is -4.13. The maximum atomic E-state index is 13.3. The Labute approximate surface area is 213 Å². The first-order valence-corrected chi connectivity index (χ1v) is 13.9. The topological polar surface area (TPSA) is 92.8 Å². The predicted octanol–water partition coefficient (Wildman–Crippen LogP) is 4.57. The van der Waals surface area contributed by atoms with Crippen LogP contribution in [0.4, 0.5) is 5.69 Å². The fourth-order valence-corrected chi connectivity index (χ4v) is 5.55. The van der Waals surface area contributed by atoms with Gasteiger partial charge in [0.2, 0.25) is 0 Å². The van der Waals surface area contributed by atoms with Gasteiger partial charge in [-0.3, -0.25) is 14.3 Å². The van der Waals surface area contributed by atoms with E-state index in [1.54, 1.807) is 41.3 Å². The van der Waals surface area contributed by atoms with E-state index in [0.717, 1.165) is 0 Å². The Balaban J connectivity index is 1.68. The quantitative estimate of drug-likeness (QED) is 0.355. The molecule has 10 heteroatoms. The molecule has 3 aromatic rings. The average Bonchev–Trinajstić information content (AvgIpc) is 2.89. The van der Waals surface area contributed by atoms with E-state index in [-0.39, 0.29) is 27.8 Å². The number of thioether (sulfide) groups is 1. The lowest BCUT2D eigenvalue weighted by Gasteiger charge is -2.27. The monoisotopic (exact) mass is 530 g/mol. The zero-order valence-electron chi connectivity index (χ0n) is 18.9. The molecule has 7 nitrogen and oxygen atoms in total. The zero-order valence-corrected chi connectivity index (χ0v) is 21.3. The van der Waals surface area contributed by atoms with Crippen molar-refractivity contribution in [1.29, 1.82) is 0 Å². The van der Waals surface area contributed by atoms with Crippen LogP contribution in [0.1, 0.15) is 26.3 Å². The number of rotatable bonds is 7. The predicted molar refractivity (Wildman–Crippen MR) is 137 cm³/mol. The Hall–Kier alpha value is -2.85. The van der Waals surface area contributed by atoms with Crippen LogP contribution < -0.4 is 4.72 Å². The second kappa shape index (κ2) is 10.8. The molecule has 0 aliphatic carbocycles. The molecule has 0 unspecified atom stereocenters. The molecule has 3 aromatic carbocycles. The molecule has 35 heavy (non-hydrogen) atoms. The first kappa shape index (κ1) is 25.2. The highest BCUT2D eigenvalue weighted by Crippen LogP contribution is 2.29. The van der Waals surface area contributed by atoms with Crippen molar-refractivity contribution in [3.8, 4) is 0 Å². The fraction of sp³-hybridized carbons (Fsp3) is 0.200. The summed E-state index contributed by atoms with van der Waals surface area (Å²) in [5.74, 6) is -0.618. The van der Waals surface area contributed by atoms with Gasteiger partial charge in [0.25, 0.3) is 15.9 Å². The molecule has 0 radical (unpaired) electrons. The van der Waals surface area contributed by atoms with Gasteiger partial charge in [0.05, 0.1) is 29.4 Å². The molecule has 1 aliphatic heterocycles. The Morgan fingerprint density at radius 3 is 2.37 bits per heavy atom. The number of carbonyl (C=O) groups excluding carboxylic acids is 2. The van der Waals surface area contributed by atoms with Crippen molar-refractivity contribution < 1.29 is 22.7 Å². The van der Waals surface area contributed by atoms with E-state index in [1.165, 1.54) is 42.1 Å². The molecule has 0 aromatic heterocycles. The van der Waals surface area contributed by atoms with Crippen LogP contribution in [0, 0.1) is 0 Å². The van der Waals surface area contributed by atoms with Crippen LogP contribution in [0.25, 0.3) is 0 Å². The molecule has 0 spiro atoms. The lowest BCUT2D eigenvalue weighted by Crippen LogP contribution is -2.41. The standard InChI is InChI=1S/C25H23ClN2O5S2/c1-34-23-10-8-19(16-21(23)25(30)28-11-13-33-14-12-28)35(31,32)27-22-9-7-18(26)15-20(22)24(29)17-5-3-2-4-6-17/h2-10,15-16,27H,11-14H2,1H3. The van der Waals surface area contributed by atoms with E-state index in [0.29, 0.717) is 47.3 Å². The van der Waals surface area contributed by atoms with Gasteiger partial charge >= 0.3 is 0 Å². The van der Waals surface area contributed by atoms with Gasteiger partial charge in [-0.15, -0.1) is 11.8 Å². The summed E-state index contributed by atoms with van der Waals surface area (Å²) in [5, 5.41) is 0.301. The SMILES string of the molecule is CSc1ccc(S(=O)(=O)Nc2ccc(Cl)cc2C(=O)c2ccccc2)cc1C(=O)N1CCOCC1. The molecule has 1 heterocycles. The Morgan fingerprint density at radius 1 is 0.971 bits per heavy atom. The number of halogens is 1. The summed E-state index contributed by atoms with van der Waals surface area (Å²) in [6.07, 6.45) is 1.83. The molecule has 1 saturated heterocycles. The highest BCUT2D eigenvalue weighted by atomic mass is 35.5. The Morgan fingerprint density at radius 2 is 1.69 bits per heavy atom. The van der Waals surface area contributed by atoms with E-state index >= 15 is 0 Å². The maximum Gasteiger partial charge on any atom is 0.261 e. The normalized spacial score (nSPS) is 13.9. The number of nitrogens with zero attached hydrogens (tertiary/aromatic N) is 1. The van der Waals surface area contributed by atoms with Crippen molar-refractivity contribution in [2.24, 2.45) is 0 Å². The lowest BCUT2D eigenvalue weighted by atomic mass is 10.0. The van der Waals surface area contributed by atoms with Crippen LogP contribution in [-0.2, 0) is 14.8 Å². The van der Waals surface area contributed by atoms with Crippen molar-refractivity contribution in [2.75, 3.05) is 37.3 Å². The van der Waals surface area contributed by atoms with Crippen LogP contribution in [0.15, 0.2) is 76.5 Å². The first-order valence-electron chi connectivity index (χ1n) is 10.8. The van der Waals surface area contributed by atoms with Crippen LogP contribution in [-0.4, -0.2) is 57.6 Å². The highest BCUT2D eigenvalue weighted by molar-refractivity contribution is 7.98. The van der Waals surface area contributed by atoms with E-state index in [9.17, 15) is 18.0 Å². The van der Waals surface area contributed by atoms with Crippen molar-refractivity contribution in [1.82, 2.24) is 4.90 Å². The molecule has 0 atom stereocenters. The minimum absolute atomic E-state index is 0.0834. The fourth-order valence-electron chi connectivity index (χ4n) is 3.70. The number of sulfonamides is 1. The van der Waals surface area contributed by atoms with Crippen molar-refractivity contribution in [3.63, 3.8) is 0 Å². The lowest BCUT2D eigenvalue weighted by molar-refractivity contribution is 0.0300. The van der Waals surface area contributed by atoms with Gasteiger partial charge in [-0.1, -0.05) is 41.9 Å². The summed E-state index contributed by atoms with van der Waals surface area (Å²) in [7, 11) is -4.13. The van der Waals surface area contributed by atoms with E-state index in [4.69, 9.17) is 16.3 Å². The summed E-state index contributed by atoms with van der Waals surface area (Å²) in [4.78, 5) is 28.5. The molecule has 1 amide bonds. The third-order valence-corrected chi connectivity index (χ3v) is 7.91. The number of ketones is 1. The van der Waals surface area contributed by atoms with Gasteiger partial charge in [0.1, 0.15) is 0 Å². The highest BCUT2D eigenvalue weighted by Gasteiger charge is 2.25. The summed E-state index contributed by atoms with van der Waals surface area (Å²) in [6.45, 7) is 1.76. The molecule has 1 N–H and O–H groups in total. The van der Waals surface area contributed by atoms with Crippen molar-refractivity contribution in [2.45, 2.75) is 9.79 Å². The smallest absolute Gasteiger partial charge is 0.261 e. The molecule has 0 saturated carbocycles. The summed E-state index contributed by atoms with van der Waals surface area (Å²) in [5.41, 5.74) is 0.924. The number of ether oxygens (including phenoxy) is 1. The van der Waals surface area contributed by atoms with Crippen molar-refractivity contribution >= 4 is 50.8 Å². The van der Waals surface area contributed by atoms with E-state index < -0.39 is 10.0 Å². The van der Waals surface area contributed by atoms with Gasteiger partial charge in [-0.2, -0.15) is 0 Å². The van der Waals surface area contributed by atoms with E-state index in [1.807, 2.05) is 6.26 Å². The number of anilines is 1. The number of nitrogens with one attached hydrogen (secondary N) is 1. The van der Waals surface area contributed by atoms with Crippen molar-refractivity contribution in [3.05, 3.63) is 88.4 Å². The number of morpholine rings is 1. The Bertz CT molecular complexity index is 1360. The van der Waals surface area contributed by atoms with Gasteiger partial charge < -0.3 is 9.64 Å². The first-order chi connectivity index (χ1) is 16.8. The van der Waals surface area contributed by atoms with Gasteiger partial charge in [0.15, 0.2) is 5.78 Å². The number of hydrogen-bond acceptors (Lipinski definition) is 6. The molecule has 0 bridgehead atoms. The molecule has 4 rings (SSSR count). The molecule has 1 aliphatic rings. The largest absolute Gasteiger partial charge is 0.378 e. The third-order valence-electron chi connectivity index (χ3n) is 5.52. The number of benzene rings is 3. The molecular formula is C25H23ClN2O5S2. The zero-order chi connectivity index (χ0) is 25.0. The van der Waals surface area contributed by atoms with Crippen LogP contribution in [0.3, 0.4) is 0 Å². The minimum Gasteiger partial charge on any atom is -0.378 e. The van der Waals surface area contributed by atoms with Gasteiger partial charge in [-0.05, 0) is 42.7 Å². The molecular weight excluding hydrogens is 508 g/mol. The third kappa shape index (κ3) is 5.70. The number of amides is 1. The maximum absolute atomic E-state index is 13.3. The van der Waals surface area contributed by atoms with Gasteiger partial charge in [0, 0.05) is 34.1 Å². The summed E-state index contributed by atoms with van der Waals surface area (Å²) < 4.78 is 34.5. The molecule has 1 fully saturated rings. The summed E-state index contributed by atoms with van der Waals surface area (Å²) >= 11 is 7.48. The van der Waals surface area contributed by atoms with E-state index in [2.05, 4.69) is 4.72 Å². The Kier molecular flexibility index (Phi) is 7.81. The van der Waals surface area contributed by atoms with Crippen LogP contribution in [0.5, 0.6) is 0 Å².